The maximum Gasteiger partial charge on any atom is 0.129 e. The van der Waals surface area contributed by atoms with Gasteiger partial charge < -0.3 is 15.2 Å². The Balaban J connectivity index is 1.66. The van der Waals surface area contributed by atoms with Gasteiger partial charge in [0.2, 0.25) is 0 Å². The third-order valence-corrected chi connectivity index (χ3v) is 3.59. The fourth-order valence-corrected chi connectivity index (χ4v) is 2.47. The van der Waals surface area contributed by atoms with Crippen LogP contribution in [0.5, 0.6) is 0 Å². The van der Waals surface area contributed by atoms with Crippen LogP contribution in [0.3, 0.4) is 0 Å². The minimum absolute atomic E-state index is 0.0192. The number of rotatable bonds is 7. The summed E-state index contributed by atoms with van der Waals surface area (Å²) in [5, 5.41) is 12.8. The first-order valence-electron chi connectivity index (χ1n) is 7.12. The fraction of sp³-hybridized carbons (Fsp3) is 0.600. The lowest BCUT2D eigenvalue weighted by atomic mass is 10.1. The van der Waals surface area contributed by atoms with Gasteiger partial charge in [-0.2, -0.15) is 0 Å². The van der Waals surface area contributed by atoms with E-state index in [0.717, 1.165) is 31.0 Å². The molecule has 2 N–H and O–H groups in total. The highest BCUT2D eigenvalue weighted by Crippen LogP contribution is 2.20. The summed E-state index contributed by atoms with van der Waals surface area (Å²) in [6.07, 6.45) is 4.01. The average molecular weight is 285 g/mol. The summed E-state index contributed by atoms with van der Waals surface area (Å²) in [5.74, 6) is -1.15. The maximum atomic E-state index is 13.4. The molecule has 1 aliphatic rings. The molecule has 20 heavy (non-hydrogen) atoms. The molecule has 3 nitrogen and oxygen atoms in total. The summed E-state index contributed by atoms with van der Waals surface area (Å²) in [5.41, 5.74) is -0.0192. The van der Waals surface area contributed by atoms with Crippen molar-refractivity contribution in [3.8, 4) is 0 Å². The molecule has 1 atom stereocenters. The summed E-state index contributed by atoms with van der Waals surface area (Å²) in [7, 11) is 0. The van der Waals surface area contributed by atoms with Crippen molar-refractivity contribution < 1.29 is 18.6 Å². The van der Waals surface area contributed by atoms with Crippen LogP contribution >= 0.6 is 0 Å². The molecule has 0 radical (unpaired) electrons. The van der Waals surface area contributed by atoms with Crippen LogP contribution < -0.4 is 5.32 Å². The van der Waals surface area contributed by atoms with Crippen molar-refractivity contribution in [2.45, 2.75) is 37.9 Å². The molecule has 0 amide bonds. The predicted octanol–water partition coefficient (Wildman–Crippen LogP) is 2.55. The van der Waals surface area contributed by atoms with Gasteiger partial charge in [-0.05, 0) is 31.0 Å². The quantitative estimate of drug-likeness (QED) is 0.757. The molecule has 1 aromatic carbocycles. The van der Waals surface area contributed by atoms with Crippen LogP contribution in [0.15, 0.2) is 18.2 Å². The standard InChI is InChI=1S/C15H21F2NO2/c16-11-5-6-14(17)13(9-11)15(19)10-18-7-8-20-12-3-1-2-4-12/h5-6,9,12,15,18-19H,1-4,7-8,10H2. The Kier molecular flexibility index (Phi) is 5.88. The highest BCUT2D eigenvalue weighted by atomic mass is 19.1. The van der Waals surface area contributed by atoms with Crippen LogP contribution in [0, 0.1) is 11.6 Å². The lowest BCUT2D eigenvalue weighted by Gasteiger charge is -2.14. The molecule has 5 heteroatoms. The second-order valence-electron chi connectivity index (χ2n) is 5.16. The van der Waals surface area contributed by atoms with Gasteiger partial charge in [0, 0.05) is 18.7 Å². The van der Waals surface area contributed by atoms with Gasteiger partial charge in [0.25, 0.3) is 0 Å². The summed E-state index contributed by atoms with van der Waals surface area (Å²) < 4.78 is 32.1. The molecule has 0 aliphatic heterocycles. The Morgan fingerprint density at radius 2 is 2.05 bits per heavy atom. The van der Waals surface area contributed by atoms with E-state index in [1.807, 2.05) is 0 Å². The first-order chi connectivity index (χ1) is 9.66. The third-order valence-electron chi connectivity index (χ3n) is 3.59. The molecule has 1 saturated carbocycles. The van der Waals surface area contributed by atoms with E-state index in [1.165, 1.54) is 12.8 Å². The lowest BCUT2D eigenvalue weighted by molar-refractivity contribution is 0.0584. The van der Waals surface area contributed by atoms with Gasteiger partial charge in [0.1, 0.15) is 11.6 Å². The Bertz CT molecular complexity index is 422. The Morgan fingerprint density at radius 3 is 2.80 bits per heavy atom. The number of nitrogens with one attached hydrogen (secondary N) is 1. The van der Waals surface area contributed by atoms with E-state index >= 15 is 0 Å². The fourth-order valence-electron chi connectivity index (χ4n) is 2.47. The maximum absolute atomic E-state index is 13.4. The summed E-state index contributed by atoms with van der Waals surface area (Å²) in [4.78, 5) is 0. The molecule has 0 heterocycles. The van der Waals surface area contributed by atoms with Crippen molar-refractivity contribution in [1.82, 2.24) is 5.32 Å². The van der Waals surface area contributed by atoms with E-state index in [9.17, 15) is 13.9 Å². The van der Waals surface area contributed by atoms with E-state index in [0.29, 0.717) is 19.3 Å². The second-order valence-corrected chi connectivity index (χ2v) is 5.16. The normalized spacial score (nSPS) is 17.6. The largest absolute Gasteiger partial charge is 0.387 e. The molecular formula is C15H21F2NO2. The van der Waals surface area contributed by atoms with Crippen LogP contribution in [0.1, 0.15) is 37.4 Å². The van der Waals surface area contributed by atoms with Crippen LogP contribution in [-0.4, -0.2) is 30.9 Å². The minimum atomic E-state index is -1.06. The average Bonchev–Trinajstić information content (AvgIpc) is 2.94. The molecule has 2 rings (SSSR count). The van der Waals surface area contributed by atoms with Gasteiger partial charge in [-0.25, -0.2) is 8.78 Å². The molecule has 112 valence electrons. The van der Waals surface area contributed by atoms with Crippen LogP contribution in [0.25, 0.3) is 0 Å². The zero-order valence-corrected chi connectivity index (χ0v) is 11.4. The molecule has 0 saturated heterocycles. The predicted molar refractivity (Wildman–Crippen MR) is 72.4 cm³/mol. The molecular weight excluding hydrogens is 264 g/mol. The number of aliphatic hydroxyl groups excluding tert-OH is 1. The molecule has 1 aliphatic carbocycles. The van der Waals surface area contributed by atoms with Gasteiger partial charge in [0.15, 0.2) is 0 Å². The smallest absolute Gasteiger partial charge is 0.129 e. The second kappa shape index (κ2) is 7.67. The summed E-state index contributed by atoms with van der Waals surface area (Å²) in [6, 6.07) is 3.09. The van der Waals surface area contributed by atoms with Gasteiger partial charge >= 0.3 is 0 Å². The Labute approximate surface area is 117 Å². The first kappa shape index (κ1) is 15.4. The third kappa shape index (κ3) is 4.51. The molecule has 1 aromatic rings. The topological polar surface area (TPSA) is 41.5 Å². The van der Waals surface area contributed by atoms with Gasteiger partial charge in [-0.1, -0.05) is 12.8 Å². The van der Waals surface area contributed by atoms with Crippen molar-refractivity contribution in [1.29, 1.82) is 0 Å². The SMILES string of the molecule is OC(CNCCOC1CCCC1)c1cc(F)ccc1F. The van der Waals surface area contributed by atoms with Crippen molar-refractivity contribution in [3.63, 3.8) is 0 Å². The number of aliphatic hydroxyl groups is 1. The molecule has 1 fully saturated rings. The highest BCUT2D eigenvalue weighted by Gasteiger charge is 2.15. The van der Waals surface area contributed by atoms with E-state index in [2.05, 4.69) is 5.32 Å². The lowest BCUT2D eigenvalue weighted by Crippen LogP contribution is -2.27. The molecule has 0 bridgehead atoms. The number of benzene rings is 1. The Morgan fingerprint density at radius 1 is 1.30 bits per heavy atom. The van der Waals surface area contributed by atoms with Crippen molar-refractivity contribution in [2.75, 3.05) is 19.7 Å². The Hall–Kier alpha value is -1.04. The number of halogens is 2. The zero-order valence-electron chi connectivity index (χ0n) is 11.4. The van der Waals surface area contributed by atoms with E-state index < -0.39 is 17.7 Å². The van der Waals surface area contributed by atoms with Crippen LogP contribution in [0.2, 0.25) is 0 Å². The van der Waals surface area contributed by atoms with Gasteiger partial charge in [-0.15, -0.1) is 0 Å². The molecule has 0 spiro atoms. The summed E-state index contributed by atoms with van der Waals surface area (Å²) >= 11 is 0. The van der Waals surface area contributed by atoms with Crippen LogP contribution in [-0.2, 0) is 4.74 Å². The van der Waals surface area contributed by atoms with E-state index in [-0.39, 0.29) is 12.1 Å². The van der Waals surface area contributed by atoms with E-state index in [4.69, 9.17) is 4.74 Å². The number of ether oxygens (including phenoxy) is 1. The van der Waals surface area contributed by atoms with E-state index in [1.54, 1.807) is 0 Å². The number of hydrogen-bond donors (Lipinski definition) is 2. The monoisotopic (exact) mass is 285 g/mol. The minimum Gasteiger partial charge on any atom is -0.387 e. The van der Waals surface area contributed by atoms with Crippen LogP contribution in [0.4, 0.5) is 8.78 Å². The summed E-state index contributed by atoms with van der Waals surface area (Å²) in [6.45, 7) is 1.34. The zero-order chi connectivity index (χ0) is 14.4. The van der Waals surface area contributed by atoms with Gasteiger partial charge in [0.05, 0.1) is 18.8 Å². The molecule has 0 aromatic heterocycles. The number of hydrogen-bond acceptors (Lipinski definition) is 3. The van der Waals surface area contributed by atoms with Crippen molar-refractivity contribution >= 4 is 0 Å². The highest BCUT2D eigenvalue weighted by molar-refractivity contribution is 5.21. The molecule has 1 unspecified atom stereocenters. The van der Waals surface area contributed by atoms with Gasteiger partial charge in [-0.3, -0.25) is 0 Å². The van der Waals surface area contributed by atoms with Crippen molar-refractivity contribution in [3.05, 3.63) is 35.4 Å². The first-order valence-corrected chi connectivity index (χ1v) is 7.12. The van der Waals surface area contributed by atoms with Crippen molar-refractivity contribution in [2.24, 2.45) is 0 Å².